The van der Waals surface area contributed by atoms with Crippen LogP contribution in [0.3, 0.4) is 0 Å². The fourth-order valence-corrected chi connectivity index (χ4v) is 2.53. The monoisotopic (exact) mass is 328 g/mol. The van der Waals surface area contributed by atoms with Gasteiger partial charge in [-0.3, -0.25) is 4.79 Å². The van der Waals surface area contributed by atoms with Crippen molar-refractivity contribution in [3.8, 4) is 0 Å². The molecule has 2 heterocycles. The number of ether oxygens (including phenoxy) is 1. The summed E-state index contributed by atoms with van der Waals surface area (Å²) in [6, 6.07) is 0.505. The summed E-state index contributed by atoms with van der Waals surface area (Å²) in [4.78, 5) is 10.9. The van der Waals surface area contributed by atoms with Crippen molar-refractivity contribution in [2.75, 3.05) is 38.6 Å². The summed E-state index contributed by atoms with van der Waals surface area (Å²) in [7, 11) is 1.61. The van der Waals surface area contributed by atoms with Crippen molar-refractivity contribution in [1.29, 1.82) is 0 Å². The SMILES string of the molecule is CCCCN1CCC(CNc2nnc(COC)o2)CC1.O=CO. The van der Waals surface area contributed by atoms with Crippen LogP contribution in [0.4, 0.5) is 6.01 Å². The number of methoxy groups -OCH3 is 1. The Morgan fingerprint density at radius 3 is 2.74 bits per heavy atom. The number of carboxylic acid groups (broad SMARTS) is 1. The van der Waals surface area contributed by atoms with Crippen LogP contribution in [0.5, 0.6) is 0 Å². The van der Waals surface area contributed by atoms with Crippen molar-refractivity contribution in [3.63, 3.8) is 0 Å². The minimum atomic E-state index is -0.250. The number of anilines is 1. The van der Waals surface area contributed by atoms with Crippen molar-refractivity contribution in [2.45, 2.75) is 39.2 Å². The predicted octanol–water partition coefficient (Wildman–Crippen LogP) is 1.84. The minimum absolute atomic E-state index is 0.250. The maximum atomic E-state index is 8.36. The molecule has 0 atom stereocenters. The summed E-state index contributed by atoms with van der Waals surface area (Å²) in [5.74, 6) is 1.22. The van der Waals surface area contributed by atoms with Gasteiger partial charge in [0.2, 0.25) is 5.89 Å². The number of hydrogen-bond acceptors (Lipinski definition) is 7. The van der Waals surface area contributed by atoms with Crippen LogP contribution in [0.2, 0.25) is 0 Å². The van der Waals surface area contributed by atoms with E-state index >= 15 is 0 Å². The van der Waals surface area contributed by atoms with Crippen molar-refractivity contribution < 1.29 is 19.1 Å². The standard InChI is InChI=1S/C14H26N4O2.CH2O2/c1-3-4-7-18-8-5-12(6-9-18)10-15-14-17-16-13(20-14)11-19-2;2-1-3/h12H,3-11H2,1-2H3,(H,15,17);1H,(H,2,3). The van der Waals surface area contributed by atoms with Crippen LogP contribution < -0.4 is 5.32 Å². The van der Waals surface area contributed by atoms with Gasteiger partial charge in [0.15, 0.2) is 0 Å². The van der Waals surface area contributed by atoms with Crippen LogP contribution in [0, 0.1) is 5.92 Å². The van der Waals surface area contributed by atoms with Gasteiger partial charge in [0.05, 0.1) is 0 Å². The van der Waals surface area contributed by atoms with Gasteiger partial charge in [0, 0.05) is 13.7 Å². The zero-order valence-corrected chi connectivity index (χ0v) is 14.0. The maximum absolute atomic E-state index is 8.36. The third-order valence-corrected chi connectivity index (χ3v) is 3.81. The van der Waals surface area contributed by atoms with E-state index in [0.717, 1.165) is 6.54 Å². The molecular weight excluding hydrogens is 300 g/mol. The van der Waals surface area contributed by atoms with E-state index in [2.05, 4.69) is 27.3 Å². The molecule has 0 radical (unpaired) electrons. The lowest BCUT2D eigenvalue weighted by Crippen LogP contribution is -2.36. The van der Waals surface area contributed by atoms with E-state index in [1.165, 1.54) is 45.3 Å². The molecule has 1 saturated heterocycles. The molecule has 8 heteroatoms. The topological polar surface area (TPSA) is 101 Å². The first-order chi connectivity index (χ1) is 11.2. The maximum Gasteiger partial charge on any atom is 0.315 e. The summed E-state index contributed by atoms with van der Waals surface area (Å²) < 4.78 is 10.4. The first-order valence-electron chi connectivity index (χ1n) is 8.08. The van der Waals surface area contributed by atoms with Crippen LogP contribution in [-0.2, 0) is 16.1 Å². The number of piperidine rings is 1. The second-order valence-corrected chi connectivity index (χ2v) is 5.56. The van der Waals surface area contributed by atoms with Gasteiger partial charge in [0.25, 0.3) is 6.47 Å². The molecule has 1 aliphatic heterocycles. The smallest absolute Gasteiger partial charge is 0.315 e. The van der Waals surface area contributed by atoms with E-state index < -0.39 is 0 Å². The molecule has 0 saturated carbocycles. The van der Waals surface area contributed by atoms with E-state index in [-0.39, 0.29) is 6.47 Å². The van der Waals surface area contributed by atoms with Crippen molar-refractivity contribution >= 4 is 12.5 Å². The zero-order chi connectivity index (χ0) is 16.9. The lowest BCUT2D eigenvalue weighted by Gasteiger charge is -2.31. The van der Waals surface area contributed by atoms with Crippen molar-refractivity contribution in [3.05, 3.63) is 5.89 Å². The minimum Gasteiger partial charge on any atom is -0.483 e. The second-order valence-electron chi connectivity index (χ2n) is 5.56. The van der Waals surface area contributed by atoms with Gasteiger partial charge in [0.1, 0.15) is 6.61 Å². The molecule has 1 aliphatic rings. The quantitative estimate of drug-likeness (QED) is 0.697. The molecule has 1 aromatic rings. The molecule has 23 heavy (non-hydrogen) atoms. The van der Waals surface area contributed by atoms with Gasteiger partial charge in [-0.1, -0.05) is 18.4 Å². The fourth-order valence-electron chi connectivity index (χ4n) is 2.53. The largest absolute Gasteiger partial charge is 0.483 e. The van der Waals surface area contributed by atoms with Gasteiger partial charge >= 0.3 is 6.01 Å². The van der Waals surface area contributed by atoms with Crippen LogP contribution >= 0.6 is 0 Å². The molecule has 0 spiro atoms. The number of nitrogens with one attached hydrogen (secondary N) is 1. The summed E-state index contributed by atoms with van der Waals surface area (Å²) in [6.45, 7) is 6.95. The predicted molar refractivity (Wildman–Crippen MR) is 86.3 cm³/mol. The molecule has 0 unspecified atom stereocenters. The number of carbonyl (C=O) groups is 1. The summed E-state index contributed by atoms with van der Waals surface area (Å²) in [6.07, 6.45) is 5.08. The first kappa shape index (κ1) is 19.4. The van der Waals surface area contributed by atoms with E-state index in [4.69, 9.17) is 19.1 Å². The number of unbranched alkanes of at least 4 members (excludes halogenated alkanes) is 1. The lowest BCUT2D eigenvalue weighted by atomic mass is 9.97. The summed E-state index contributed by atoms with van der Waals surface area (Å²) in [5, 5.41) is 18.0. The number of hydrogen-bond donors (Lipinski definition) is 2. The Bertz CT molecular complexity index is 419. The highest BCUT2D eigenvalue weighted by Crippen LogP contribution is 2.18. The Kier molecular flexibility index (Phi) is 9.97. The highest BCUT2D eigenvalue weighted by molar-refractivity contribution is 5.32. The first-order valence-corrected chi connectivity index (χ1v) is 8.08. The van der Waals surface area contributed by atoms with Crippen LogP contribution in [0.1, 0.15) is 38.5 Å². The van der Waals surface area contributed by atoms with Gasteiger partial charge in [-0.25, -0.2) is 0 Å². The Hall–Kier alpha value is -1.67. The molecule has 132 valence electrons. The average molecular weight is 328 g/mol. The Labute approximate surface area is 137 Å². The van der Waals surface area contributed by atoms with E-state index in [0.29, 0.717) is 24.4 Å². The highest BCUT2D eigenvalue weighted by atomic mass is 16.5. The Morgan fingerprint density at radius 1 is 1.43 bits per heavy atom. The molecule has 8 nitrogen and oxygen atoms in total. The number of aromatic nitrogens is 2. The summed E-state index contributed by atoms with van der Waals surface area (Å²) in [5.41, 5.74) is 0. The van der Waals surface area contributed by atoms with Crippen LogP contribution in [0.15, 0.2) is 4.42 Å². The van der Waals surface area contributed by atoms with E-state index in [1.54, 1.807) is 7.11 Å². The van der Waals surface area contributed by atoms with Crippen LogP contribution in [-0.4, -0.2) is 60.0 Å². The van der Waals surface area contributed by atoms with Gasteiger partial charge < -0.3 is 24.5 Å². The number of likely N-dealkylation sites (tertiary alicyclic amines) is 1. The molecule has 0 bridgehead atoms. The van der Waals surface area contributed by atoms with Crippen molar-refractivity contribution in [2.24, 2.45) is 5.92 Å². The molecule has 0 aliphatic carbocycles. The van der Waals surface area contributed by atoms with Gasteiger partial charge in [-0.05, 0) is 44.8 Å². The molecular formula is C15H28N4O4. The van der Waals surface area contributed by atoms with Crippen molar-refractivity contribution in [1.82, 2.24) is 15.1 Å². The summed E-state index contributed by atoms with van der Waals surface area (Å²) >= 11 is 0. The molecule has 0 amide bonds. The average Bonchev–Trinajstić information content (AvgIpc) is 3.01. The molecule has 2 N–H and O–H groups in total. The molecule has 1 aromatic heterocycles. The highest BCUT2D eigenvalue weighted by Gasteiger charge is 2.19. The van der Waals surface area contributed by atoms with Gasteiger partial charge in [-0.15, -0.1) is 5.10 Å². The van der Waals surface area contributed by atoms with Crippen LogP contribution in [0.25, 0.3) is 0 Å². The second kappa shape index (κ2) is 11.8. The third kappa shape index (κ3) is 7.94. The number of rotatable bonds is 8. The Balaban J connectivity index is 0.000000816. The molecule has 1 fully saturated rings. The van der Waals surface area contributed by atoms with E-state index in [1.807, 2.05) is 0 Å². The molecule has 2 rings (SSSR count). The fraction of sp³-hybridized carbons (Fsp3) is 0.800. The van der Waals surface area contributed by atoms with E-state index in [9.17, 15) is 0 Å². The molecule has 0 aromatic carbocycles. The normalized spacial score (nSPS) is 15.7. The Morgan fingerprint density at radius 2 is 2.13 bits per heavy atom. The third-order valence-electron chi connectivity index (χ3n) is 3.81. The van der Waals surface area contributed by atoms with Gasteiger partial charge in [-0.2, -0.15) is 0 Å². The number of nitrogens with zero attached hydrogens (tertiary/aromatic N) is 3. The zero-order valence-electron chi connectivity index (χ0n) is 14.0. The lowest BCUT2D eigenvalue weighted by molar-refractivity contribution is -0.122.